The Morgan fingerprint density at radius 3 is 2.83 bits per heavy atom. The first kappa shape index (κ1) is 18.9. The lowest BCUT2D eigenvalue weighted by atomic mass is 9.91. The zero-order chi connectivity index (χ0) is 20.3. The summed E-state index contributed by atoms with van der Waals surface area (Å²) in [6, 6.07) is 7.63. The zero-order valence-corrected chi connectivity index (χ0v) is 16.7. The van der Waals surface area contributed by atoms with Gasteiger partial charge in [0.05, 0.1) is 30.6 Å². The van der Waals surface area contributed by atoms with Gasteiger partial charge in [-0.15, -0.1) is 0 Å². The second-order valence-corrected chi connectivity index (χ2v) is 7.84. The van der Waals surface area contributed by atoms with Gasteiger partial charge in [-0.25, -0.2) is 14.6 Å². The Balaban J connectivity index is 1.28. The molecule has 0 atom stereocenters. The van der Waals surface area contributed by atoms with Gasteiger partial charge in [-0.05, 0) is 43.9 Å². The number of nitrogens with zero attached hydrogens (tertiary/aromatic N) is 5. The third kappa shape index (κ3) is 3.82. The van der Waals surface area contributed by atoms with Crippen LogP contribution in [0, 0.1) is 0 Å². The van der Waals surface area contributed by atoms with E-state index in [4.69, 9.17) is 4.74 Å². The first-order chi connectivity index (χ1) is 14.8. The summed E-state index contributed by atoms with van der Waals surface area (Å²) in [6.07, 6.45) is 9.66. The van der Waals surface area contributed by atoms with Crippen molar-refractivity contribution < 1.29 is 4.74 Å². The standard InChI is InChI=1S/C22H24N6O2/c29-21-8-7-19(15-2-1-10-23-12-15)27-28(21)17-5-3-16(4-6-17)26-22-18-13-30-11-9-20(18)24-14-25-22/h1-2,7-8,10,12,14,16-17H,3-6,9,11,13H2,(H,24,25,26). The molecule has 4 heterocycles. The number of rotatable bonds is 4. The average Bonchev–Trinajstić information content (AvgIpc) is 2.81. The lowest BCUT2D eigenvalue weighted by Crippen LogP contribution is -2.33. The van der Waals surface area contributed by atoms with Gasteiger partial charge in [0.1, 0.15) is 12.1 Å². The molecule has 0 aromatic carbocycles. The van der Waals surface area contributed by atoms with Gasteiger partial charge in [0.25, 0.3) is 5.56 Å². The summed E-state index contributed by atoms with van der Waals surface area (Å²) in [5.74, 6) is 0.886. The van der Waals surface area contributed by atoms with Gasteiger partial charge >= 0.3 is 0 Å². The van der Waals surface area contributed by atoms with E-state index >= 15 is 0 Å². The molecule has 0 bridgehead atoms. The molecule has 3 aromatic rings. The highest BCUT2D eigenvalue weighted by Crippen LogP contribution is 2.30. The van der Waals surface area contributed by atoms with Crippen LogP contribution in [-0.2, 0) is 17.8 Å². The van der Waals surface area contributed by atoms with Gasteiger partial charge in [0.15, 0.2) is 0 Å². The second kappa shape index (κ2) is 8.31. The fourth-order valence-electron chi connectivity index (χ4n) is 4.30. The maximum absolute atomic E-state index is 12.5. The van der Waals surface area contributed by atoms with Crippen molar-refractivity contribution in [1.82, 2.24) is 24.7 Å². The van der Waals surface area contributed by atoms with E-state index in [0.29, 0.717) is 19.3 Å². The van der Waals surface area contributed by atoms with Crippen LogP contribution in [0.1, 0.15) is 43.0 Å². The Hall–Kier alpha value is -3.13. The SMILES string of the molecule is O=c1ccc(-c2cccnc2)nn1C1CCC(Nc2ncnc3c2COCC3)CC1. The fourth-order valence-corrected chi connectivity index (χ4v) is 4.30. The summed E-state index contributed by atoms with van der Waals surface area (Å²) >= 11 is 0. The normalized spacial score (nSPS) is 21.1. The summed E-state index contributed by atoms with van der Waals surface area (Å²) in [5.41, 5.74) is 3.79. The number of ether oxygens (including phenoxy) is 1. The van der Waals surface area contributed by atoms with E-state index in [0.717, 1.165) is 60.4 Å². The minimum Gasteiger partial charge on any atom is -0.376 e. The zero-order valence-electron chi connectivity index (χ0n) is 16.7. The third-order valence-corrected chi connectivity index (χ3v) is 5.93. The molecule has 30 heavy (non-hydrogen) atoms. The molecule has 0 saturated heterocycles. The van der Waals surface area contributed by atoms with Crippen molar-refractivity contribution >= 4 is 5.82 Å². The van der Waals surface area contributed by atoms with Crippen LogP contribution in [0.2, 0.25) is 0 Å². The average molecular weight is 404 g/mol. The van der Waals surface area contributed by atoms with Gasteiger partial charge in [-0.2, -0.15) is 5.10 Å². The number of pyridine rings is 1. The molecule has 8 heteroatoms. The molecule has 1 fully saturated rings. The lowest BCUT2D eigenvalue weighted by molar-refractivity contribution is 0.109. The van der Waals surface area contributed by atoms with Gasteiger partial charge < -0.3 is 10.1 Å². The van der Waals surface area contributed by atoms with Crippen molar-refractivity contribution in [2.45, 2.75) is 50.8 Å². The number of anilines is 1. The van der Waals surface area contributed by atoms with E-state index in [9.17, 15) is 4.79 Å². The number of hydrogen-bond acceptors (Lipinski definition) is 7. The highest BCUT2D eigenvalue weighted by molar-refractivity contribution is 5.56. The smallest absolute Gasteiger partial charge is 0.267 e. The first-order valence-corrected chi connectivity index (χ1v) is 10.5. The van der Waals surface area contributed by atoms with E-state index in [1.54, 1.807) is 35.5 Å². The fraction of sp³-hybridized carbons (Fsp3) is 0.409. The molecule has 3 aromatic heterocycles. The van der Waals surface area contributed by atoms with E-state index < -0.39 is 0 Å². The molecule has 1 N–H and O–H groups in total. The molecule has 0 amide bonds. The van der Waals surface area contributed by atoms with Crippen LogP contribution in [0.5, 0.6) is 0 Å². The van der Waals surface area contributed by atoms with Gasteiger partial charge in [-0.3, -0.25) is 9.78 Å². The summed E-state index contributed by atoms with van der Waals surface area (Å²) in [6.45, 7) is 1.28. The highest BCUT2D eigenvalue weighted by atomic mass is 16.5. The Kier molecular flexibility index (Phi) is 5.23. The molecule has 154 valence electrons. The van der Waals surface area contributed by atoms with Gasteiger partial charge in [0, 0.05) is 42.0 Å². The lowest BCUT2D eigenvalue weighted by Gasteiger charge is -2.31. The molecule has 1 aliphatic heterocycles. The maximum Gasteiger partial charge on any atom is 0.267 e. The first-order valence-electron chi connectivity index (χ1n) is 10.5. The Bertz CT molecular complexity index is 1080. The summed E-state index contributed by atoms with van der Waals surface area (Å²) in [4.78, 5) is 25.5. The maximum atomic E-state index is 12.5. The second-order valence-electron chi connectivity index (χ2n) is 7.84. The van der Waals surface area contributed by atoms with Crippen LogP contribution < -0.4 is 10.9 Å². The molecule has 0 unspecified atom stereocenters. The minimum atomic E-state index is -0.0546. The number of fused-ring (bicyclic) bond motifs is 1. The highest BCUT2D eigenvalue weighted by Gasteiger charge is 2.26. The summed E-state index contributed by atoms with van der Waals surface area (Å²) in [7, 11) is 0. The predicted molar refractivity (Wildman–Crippen MR) is 112 cm³/mol. The molecular formula is C22H24N6O2. The topological polar surface area (TPSA) is 94.8 Å². The van der Waals surface area contributed by atoms with Crippen LogP contribution in [0.4, 0.5) is 5.82 Å². The van der Waals surface area contributed by atoms with Crippen molar-refractivity contribution in [2.75, 3.05) is 11.9 Å². The number of aromatic nitrogens is 5. The van der Waals surface area contributed by atoms with E-state index in [1.807, 2.05) is 12.1 Å². The van der Waals surface area contributed by atoms with Crippen LogP contribution in [-0.4, -0.2) is 37.4 Å². The van der Waals surface area contributed by atoms with Gasteiger partial charge in [-0.1, -0.05) is 0 Å². The van der Waals surface area contributed by atoms with Crippen LogP contribution in [0.25, 0.3) is 11.3 Å². The van der Waals surface area contributed by atoms with Gasteiger partial charge in [0.2, 0.25) is 0 Å². The summed E-state index contributed by atoms with van der Waals surface area (Å²) < 4.78 is 7.24. The molecule has 2 aliphatic rings. The quantitative estimate of drug-likeness (QED) is 0.714. The van der Waals surface area contributed by atoms with Crippen molar-refractivity contribution in [3.05, 3.63) is 64.6 Å². The van der Waals surface area contributed by atoms with Crippen LogP contribution in [0.3, 0.4) is 0 Å². The van der Waals surface area contributed by atoms with Crippen molar-refractivity contribution in [1.29, 1.82) is 0 Å². The molecular weight excluding hydrogens is 380 g/mol. The molecule has 8 nitrogen and oxygen atoms in total. The molecule has 0 radical (unpaired) electrons. The van der Waals surface area contributed by atoms with Crippen LogP contribution in [0.15, 0.2) is 47.8 Å². The van der Waals surface area contributed by atoms with Crippen molar-refractivity contribution in [3.63, 3.8) is 0 Å². The Morgan fingerprint density at radius 1 is 1.10 bits per heavy atom. The number of nitrogens with one attached hydrogen (secondary N) is 1. The van der Waals surface area contributed by atoms with Crippen molar-refractivity contribution in [3.8, 4) is 11.3 Å². The minimum absolute atomic E-state index is 0.0546. The summed E-state index contributed by atoms with van der Waals surface area (Å²) in [5, 5.41) is 8.23. The molecule has 1 aliphatic carbocycles. The monoisotopic (exact) mass is 404 g/mol. The van der Waals surface area contributed by atoms with E-state index in [1.165, 1.54) is 0 Å². The van der Waals surface area contributed by atoms with Crippen LogP contribution >= 0.6 is 0 Å². The largest absolute Gasteiger partial charge is 0.376 e. The molecule has 5 rings (SSSR count). The Morgan fingerprint density at radius 2 is 2.00 bits per heavy atom. The van der Waals surface area contributed by atoms with Crippen molar-refractivity contribution in [2.24, 2.45) is 0 Å². The van der Waals surface area contributed by atoms with E-state index in [2.05, 4.69) is 25.4 Å². The molecule has 0 spiro atoms. The van der Waals surface area contributed by atoms with E-state index in [-0.39, 0.29) is 11.6 Å². The predicted octanol–water partition coefficient (Wildman–Crippen LogP) is 2.76. The molecule has 1 saturated carbocycles. The third-order valence-electron chi connectivity index (χ3n) is 5.93. The number of hydrogen-bond donors (Lipinski definition) is 1. The Labute approximate surface area is 174 Å².